The highest BCUT2D eigenvalue weighted by Gasteiger charge is 2.28. The van der Waals surface area contributed by atoms with Gasteiger partial charge in [0, 0.05) is 25.1 Å². The molecule has 2 aromatic rings. The normalized spacial score (nSPS) is 18.8. The Bertz CT molecular complexity index is 571. The number of aryl methyl sites for hydroxylation is 1. The van der Waals surface area contributed by atoms with E-state index in [1.165, 1.54) is 17.5 Å². The maximum absolute atomic E-state index is 4.56. The van der Waals surface area contributed by atoms with Crippen LogP contribution in [0.3, 0.4) is 0 Å². The van der Waals surface area contributed by atoms with Crippen LogP contribution in [0.1, 0.15) is 30.0 Å². The molecule has 0 bridgehead atoms. The molecular weight excluding hydrogens is 302 g/mol. The summed E-state index contributed by atoms with van der Waals surface area (Å²) in [4.78, 5) is 11.2. The SMILES string of the molecule is Cc1ccnc(N2CCCC2c2cccnc2)c1Br. The molecule has 3 heterocycles. The van der Waals surface area contributed by atoms with Gasteiger partial charge < -0.3 is 4.90 Å². The molecule has 3 nitrogen and oxygen atoms in total. The minimum absolute atomic E-state index is 0.388. The molecule has 3 rings (SSSR count). The predicted molar refractivity (Wildman–Crippen MR) is 80.2 cm³/mol. The quantitative estimate of drug-likeness (QED) is 0.841. The Balaban J connectivity index is 1.98. The van der Waals surface area contributed by atoms with Gasteiger partial charge >= 0.3 is 0 Å². The molecule has 0 amide bonds. The second-order valence-corrected chi connectivity index (χ2v) is 5.70. The van der Waals surface area contributed by atoms with Crippen LogP contribution in [0, 0.1) is 6.92 Å². The number of hydrogen-bond donors (Lipinski definition) is 0. The van der Waals surface area contributed by atoms with Gasteiger partial charge in [0.05, 0.1) is 10.5 Å². The smallest absolute Gasteiger partial charge is 0.143 e. The summed E-state index contributed by atoms with van der Waals surface area (Å²) >= 11 is 3.67. The molecule has 1 aliphatic heterocycles. The maximum Gasteiger partial charge on any atom is 0.143 e. The standard InChI is InChI=1S/C15H16BrN3/c1-11-6-8-18-15(14(11)16)19-9-3-5-13(19)12-4-2-7-17-10-12/h2,4,6-8,10,13H,3,5,9H2,1H3. The summed E-state index contributed by atoms with van der Waals surface area (Å²) in [7, 11) is 0. The number of pyridine rings is 2. The maximum atomic E-state index is 4.56. The van der Waals surface area contributed by atoms with E-state index >= 15 is 0 Å². The lowest BCUT2D eigenvalue weighted by molar-refractivity contribution is 0.706. The van der Waals surface area contributed by atoms with Gasteiger partial charge in [0.1, 0.15) is 5.82 Å². The van der Waals surface area contributed by atoms with Crippen LogP contribution in [-0.2, 0) is 0 Å². The van der Waals surface area contributed by atoms with Gasteiger partial charge in [-0.25, -0.2) is 4.98 Å². The molecule has 2 aromatic heterocycles. The zero-order chi connectivity index (χ0) is 13.2. The van der Waals surface area contributed by atoms with Crippen molar-refractivity contribution in [1.29, 1.82) is 0 Å². The summed E-state index contributed by atoms with van der Waals surface area (Å²) in [5, 5.41) is 0. The summed E-state index contributed by atoms with van der Waals surface area (Å²) in [5.74, 6) is 1.05. The van der Waals surface area contributed by atoms with Crippen molar-refractivity contribution in [3.8, 4) is 0 Å². The number of nitrogens with zero attached hydrogens (tertiary/aromatic N) is 3. The van der Waals surface area contributed by atoms with Crippen molar-refractivity contribution in [2.24, 2.45) is 0 Å². The molecule has 19 heavy (non-hydrogen) atoms. The molecule has 0 aromatic carbocycles. The van der Waals surface area contributed by atoms with Crippen molar-refractivity contribution in [3.05, 3.63) is 52.4 Å². The minimum atomic E-state index is 0.388. The van der Waals surface area contributed by atoms with E-state index in [2.05, 4.69) is 43.8 Å². The molecule has 1 atom stereocenters. The Morgan fingerprint density at radius 2 is 2.21 bits per heavy atom. The summed E-state index contributed by atoms with van der Waals surface area (Å²) in [5.41, 5.74) is 2.50. The lowest BCUT2D eigenvalue weighted by Crippen LogP contribution is -2.24. The third kappa shape index (κ3) is 2.37. The van der Waals surface area contributed by atoms with Crippen molar-refractivity contribution in [3.63, 3.8) is 0 Å². The van der Waals surface area contributed by atoms with Gasteiger partial charge in [-0.2, -0.15) is 0 Å². The number of hydrogen-bond acceptors (Lipinski definition) is 3. The molecular formula is C15H16BrN3. The Morgan fingerprint density at radius 1 is 1.32 bits per heavy atom. The van der Waals surface area contributed by atoms with Gasteiger partial charge in [-0.3, -0.25) is 4.98 Å². The first-order valence-corrected chi connectivity index (χ1v) is 7.34. The second kappa shape index (κ2) is 5.29. The summed E-state index contributed by atoms with van der Waals surface area (Å²) < 4.78 is 1.10. The van der Waals surface area contributed by atoms with Crippen LogP contribution >= 0.6 is 15.9 Å². The molecule has 0 spiro atoms. The van der Waals surface area contributed by atoms with Gasteiger partial charge in [0.25, 0.3) is 0 Å². The Labute approximate surface area is 121 Å². The highest BCUT2D eigenvalue weighted by Crippen LogP contribution is 2.38. The van der Waals surface area contributed by atoms with Crippen molar-refractivity contribution in [2.75, 3.05) is 11.4 Å². The van der Waals surface area contributed by atoms with E-state index in [9.17, 15) is 0 Å². The van der Waals surface area contributed by atoms with Crippen molar-refractivity contribution < 1.29 is 0 Å². The highest BCUT2D eigenvalue weighted by molar-refractivity contribution is 9.10. The fourth-order valence-electron chi connectivity index (χ4n) is 2.67. The third-order valence-corrected chi connectivity index (χ3v) is 4.64. The number of anilines is 1. The van der Waals surface area contributed by atoms with Crippen LogP contribution in [0.4, 0.5) is 5.82 Å². The molecule has 0 aliphatic carbocycles. The Hall–Kier alpha value is -1.42. The van der Waals surface area contributed by atoms with Gasteiger partial charge in [-0.1, -0.05) is 6.07 Å². The first-order chi connectivity index (χ1) is 9.27. The van der Waals surface area contributed by atoms with Gasteiger partial charge in [-0.15, -0.1) is 0 Å². The van der Waals surface area contributed by atoms with E-state index in [4.69, 9.17) is 0 Å². The molecule has 1 fully saturated rings. The molecule has 1 saturated heterocycles. The fourth-order valence-corrected chi connectivity index (χ4v) is 3.13. The van der Waals surface area contributed by atoms with Gasteiger partial charge in [-0.05, 0) is 59.0 Å². The van der Waals surface area contributed by atoms with E-state index < -0.39 is 0 Å². The van der Waals surface area contributed by atoms with Gasteiger partial charge in [0.2, 0.25) is 0 Å². The van der Waals surface area contributed by atoms with Crippen LogP contribution in [0.2, 0.25) is 0 Å². The van der Waals surface area contributed by atoms with Crippen molar-refractivity contribution >= 4 is 21.7 Å². The van der Waals surface area contributed by atoms with Gasteiger partial charge in [0.15, 0.2) is 0 Å². The van der Waals surface area contributed by atoms with E-state index in [1.807, 2.05) is 30.7 Å². The zero-order valence-corrected chi connectivity index (χ0v) is 12.5. The summed E-state index contributed by atoms with van der Waals surface area (Å²) in [6, 6.07) is 6.58. The van der Waals surface area contributed by atoms with Crippen LogP contribution in [0.5, 0.6) is 0 Å². The van der Waals surface area contributed by atoms with Crippen LogP contribution in [0.15, 0.2) is 41.3 Å². The topological polar surface area (TPSA) is 29.0 Å². The summed E-state index contributed by atoms with van der Waals surface area (Å²) in [6.45, 7) is 3.15. The average molecular weight is 318 g/mol. The van der Waals surface area contributed by atoms with Crippen LogP contribution in [-0.4, -0.2) is 16.5 Å². The first-order valence-electron chi connectivity index (χ1n) is 6.55. The third-order valence-electron chi connectivity index (χ3n) is 3.66. The number of aromatic nitrogens is 2. The molecule has 1 unspecified atom stereocenters. The minimum Gasteiger partial charge on any atom is -0.349 e. The molecule has 1 aliphatic rings. The lowest BCUT2D eigenvalue weighted by Gasteiger charge is -2.27. The van der Waals surface area contributed by atoms with Crippen LogP contribution < -0.4 is 4.90 Å². The zero-order valence-electron chi connectivity index (χ0n) is 10.9. The summed E-state index contributed by atoms with van der Waals surface area (Å²) in [6.07, 6.45) is 8.03. The van der Waals surface area contributed by atoms with E-state index in [0.29, 0.717) is 6.04 Å². The molecule has 0 N–H and O–H groups in total. The van der Waals surface area contributed by atoms with E-state index in [1.54, 1.807) is 0 Å². The number of halogens is 1. The Morgan fingerprint density at radius 3 is 3.00 bits per heavy atom. The van der Waals surface area contributed by atoms with E-state index in [-0.39, 0.29) is 0 Å². The molecule has 0 radical (unpaired) electrons. The fraction of sp³-hybridized carbons (Fsp3) is 0.333. The highest BCUT2D eigenvalue weighted by atomic mass is 79.9. The van der Waals surface area contributed by atoms with Crippen molar-refractivity contribution in [2.45, 2.75) is 25.8 Å². The van der Waals surface area contributed by atoms with Crippen molar-refractivity contribution in [1.82, 2.24) is 9.97 Å². The Kier molecular flexibility index (Phi) is 3.51. The molecule has 0 saturated carbocycles. The monoisotopic (exact) mass is 317 g/mol. The molecule has 98 valence electrons. The first kappa shape index (κ1) is 12.6. The largest absolute Gasteiger partial charge is 0.349 e. The average Bonchev–Trinajstić information content (AvgIpc) is 2.92. The predicted octanol–water partition coefficient (Wildman–Crippen LogP) is 3.89. The van der Waals surface area contributed by atoms with Crippen LogP contribution in [0.25, 0.3) is 0 Å². The number of rotatable bonds is 2. The second-order valence-electron chi connectivity index (χ2n) is 4.90. The molecule has 4 heteroatoms. The lowest BCUT2D eigenvalue weighted by atomic mass is 10.1. The van der Waals surface area contributed by atoms with E-state index in [0.717, 1.165) is 23.3 Å².